The Morgan fingerprint density at radius 2 is 1.54 bits per heavy atom. The number of anilines is 3. The van der Waals surface area contributed by atoms with Crippen molar-refractivity contribution in [1.82, 2.24) is 5.32 Å². The number of carbonyl (C=O) groups excluding carboxylic acids is 1. The van der Waals surface area contributed by atoms with Crippen LogP contribution in [0, 0.1) is 0 Å². The average molecular weight is 363 g/mol. The monoisotopic (exact) mass is 362 g/mol. The molecule has 0 bridgehead atoms. The molecule has 0 aromatic heterocycles. The van der Waals surface area contributed by atoms with Crippen LogP contribution < -0.4 is 21.3 Å². The number of rotatable bonds is 4. The molecule has 4 N–H and O–H groups in total. The highest BCUT2D eigenvalue weighted by molar-refractivity contribution is 7.80. The lowest BCUT2D eigenvalue weighted by Crippen LogP contribution is -2.33. The average Bonchev–Trinajstić information content (AvgIpc) is 2.49. The highest BCUT2D eigenvalue weighted by atomic mass is 35.5. The second-order valence-corrected chi connectivity index (χ2v) is 6.26. The largest absolute Gasteiger partial charge is 0.360 e. The second-order valence-electron chi connectivity index (χ2n) is 5.42. The SMILES string of the molecule is CC(C)NC(=S)Nc1cccc(NC(=O)Nc2ccc(Cl)cc2)c1. The smallest absolute Gasteiger partial charge is 0.323 e. The van der Waals surface area contributed by atoms with Gasteiger partial charge in [-0.25, -0.2) is 4.79 Å². The zero-order chi connectivity index (χ0) is 17.5. The molecule has 0 unspecified atom stereocenters. The van der Waals surface area contributed by atoms with Crippen LogP contribution in [0.5, 0.6) is 0 Å². The number of halogens is 1. The van der Waals surface area contributed by atoms with E-state index < -0.39 is 0 Å². The molecule has 2 rings (SSSR count). The summed E-state index contributed by atoms with van der Waals surface area (Å²) in [6.45, 7) is 4.01. The lowest BCUT2D eigenvalue weighted by atomic mass is 10.3. The third-order valence-corrected chi connectivity index (χ3v) is 3.37. The van der Waals surface area contributed by atoms with Crippen molar-refractivity contribution in [2.45, 2.75) is 19.9 Å². The maximum Gasteiger partial charge on any atom is 0.323 e. The van der Waals surface area contributed by atoms with E-state index in [0.717, 1.165) is 5.69 Å². The number of nitrogens with one attached hydrogen (secondary N) is 4. The van der Waals surface area contributed by atoms with Gasteiger partial charge < -0.3 is 21.3 Å². The summed E-state index contributed by atoms with van der Waals surface area (Å²) in [6.07, 6.45) is 0. The summed E-state index contributed by atoms with van der Waals surface area (Å²) in [4.78, 5) is 12.0. The van der Waals surface area contributed by atoms with Gasteiger partial charge in [-0.15, -0.1) is 0 Å². The summed E-state index contributed by atoms with van der Waals surface area (Å²) in [5.41, 5.74) is 2.10. The van der Waals surface area contributed by atoms with Crippen molar-refractivity contribution in [3.8, 4) is 0 Å². The first kappa shape index (κ1) is 18.0. The first-order valence-electron chi connectivity index (χ1n) is 7.43. The Labute approximate surface area is 151 Å². The van der Waals surface area contributed by atoms with Gasteiger partial charge in [0.25, 0.3) is 0 Å². The predicted molar refractivity (Wildman–Crippen MR) is 105 cm³/mol. The summed E-state index contributed by atoms with van der Waals surface area (Å²) < 4.78 is 0. The van der Waals surface area contributed by atoms with E-state index in [1.54, 1.807) is 36.4 Å². The van der Waals surface area contributed by atoms with Crippen LogP contribution >= 0.6 is 23.8 Å². The van der Waals surface area contributed by atoms with Crippen LogP contribution in [0.1, 0.15) is 13.8 Å². The normalized spacial score (nSPS) is 10.2. The maximum absolute atomic E-state index is 12.0. The van der Waals surface area contributed by atoms with E-state index in [4.69, 9.17) is 23.8 Å². The predicted octanol–water partition coefficient (Wildman–Crippen LogP) is 4.68. The van der Waals surface area contributed by atoms with Crippen molar-refractivity contribution >= 4 is 52.0 Å². The fraction of sp³-hybridized carbons (Fsp3) is 0.176. The van der Waals surface area contributed by atoms with Crippen LogP contribution in [-0.4, -0.2) is 17.2 Å². The molecule has 2 aromatic rings. The highest BCUT2D eigenvalue weighted by Gasteiger charge is 2.05. The minimum absolute atomic E-state index is 0.247. The van der Waals surface area contributed by atoms with Crippen molar-refractivity contribution in [2.24, 2.45) is 0 Å². The lowest BCUT2D eigenvalue weighted by Gasteiger charge is -2.14. The standard InChI is InChI=1S/C17H19ClN4OS/c1-11(2)19-17(24)22-15-5-3-4-14(10-15)21-16(23)20-13-8-6-12(18)7-9-13/h3-11H,1-2H3,(H2,19,22,24)(H2,20,21,23). The molecule has 0 spiro atoms. The van der Waals surface area contributed by atoms with Gasteiger partial charge in [0.2, 0.25) is 0 Å². The van der Waals surface area contributed by atoms with Crippen LogP contribution in [0.4, 0.5) is 21.9 Å². The summed E-state index contributed by atoms with van der Waals surface area (Å²) >= 11 is 11.0. The van der Waals surface area contributed by atoms with Gasteiger partial charge in [-0.3, -0.25) is 0 Å². The molecule has 0 aliphatic rings. The van der Waals surface area contributed by atoms with Crippen LogP contribution in [0.15, 0.2) is 48.5 Å². The van der Waals surface area contributed by atoms with Crippen LogP contribution in [0.25, 0.3) is 0 Å². The number of hydrogen-bond donors (Lipinski definition) is 4. The summed E-state index contributed by atoms with van der Waals surface area (Å²) in [6, 6.07) is 14.1. The molecule has 5 nitrogen and oxygen atoms in total. The summed E-state index contributed by atoms with van der Waals surface area (Å²) in [5, 5.41) is 12.8. The molecule has 0 atom stereocenters. The fourth-order valence-corrected chi connectivity index (χ4v) is 2.41. The number of hydrogen-bond acceptors (Lipinski definition) is 2. The van der Waals surface area contributed by atoms with Crippen molar-refractivity contribution in [1.29, 1.82) is 0 Å². The van der Waals surface area contributed by atoms with Gasteiger partial charge in [-0.05, 0) is 68.5 Å². The van der Waals surface area contributed by atoms with E-state index in [-0.39, 0.29) is 12.1 Å². The number of amides is 2. The van der Waals surface area contributed by atoms with Crippen molar-refractivity contribution in [2.75, 3.05) is 16.0 Å². The minimum Gasteiger partial charge on any atom is -0.360 e. The van der Waals surface area contributed by atoms with Crippen LogP contribution in [0.3, 0.4) is 0 Å². The van der Waals surface area contributed by atoms with E-state index in [1.165, 1.54) is 0 Å². The van der Waals surface area contributed by atoms with Crippen LogP contribution in [0.2, 0.25) is 5.02 Å². The number of benzene rings is 2. The summed E-state index contributed by atoms with van der Waals surface area (Å²) in [5.74, 6) is 0. The molecule has 0 fully saturated rings. The molecule has 0 saturated heterocycles. The molecule has 126 valence electrons. The second kappa shape index (κ2) is 8.52. The molecule has 0 heterocycles. The van der Waals surface area contributed by atoms with E-state index in [9.17, 15) is 4.79 Å². The highest BCUT2D eigenvalue weighted by Crippen LogP contribution is 2.17. The van der Waals surface area contributed by atoms with Gasteiger partial charge in [0, 0.05) is 28.1 Å². The van der Waals surface area contributed by atoms with Crippen molar-refractivity contribution in [3.05, 3.63) is 53.6 Å². The first-order valence-corrected chi connectivity index (χ1v) is 8.22. The van der Waals surface area contributed by atoms with Crippen LogP contribution in [-0.2, 0) is 0 Å². The van der Waals surface area contributed by atoms with Gasteiger partial charge in [0.1, 0.15) is 0 Å². The first-order chi connectivity index (χ1) is 11.4. The molecule has 0 radical (unpaired) electrons. The molecule has 24 heavy (non-hydrogen) atoms. The Kier molecular flexibility index (Phi) is 6.40. The Balaban J connectivity index is 1.94. The number of carbonyl (C=O) groups is 1. The molecule has 0 saturated carbocycles. The fourth-order valence-electron chi connectivity index (χ4n) is 1.93. The topological polar surface area (TPSA) is 65.2 Å². The number of urea groups is 1. The van der Waals surface area contributed by atoms with Gasteiger partial charge in [-0.2, -0.15) is 0 Å². The van der Waals surface area contributed by atoms with E-state index in [2.05, 4.69) is 21.3 Å². The van der Waals surface area contributed by atoms with E-state index in [0.29, 0.717) is 21.5 Å². The number of thiocarbonyl (C=S) groups is 1. The third kappa shape index (κ3) is 6.06. The maximum atomic E-state index is 12.0. The molecule has 2 aromatic carbocycles. The Morgan fingerprint density at radius 1 is 0.958 bits per heavy atom. The molecule has 0 aliphatic carbocycles. The Bertz CT molecular complexity index is 719. The molecular formula is C17H19ClN4OS. The quantitative estimate of drug-likeness (QED) is 0.596. The molecule has 0 aliphatic heterocycles. The lowest BCUT2D eigenvalue weighted by molar-refractivity contribution is 0.262. The van der Waals surface area contributed by atoms with Crippen molar-refractivity contribution in [3.63, 3.8) is 0 Å². The molecule has 7 heteroatoms. The molecule has 2 amide bonds. The molecular weight excluding hydrogens is 344 g/mol. The van der Waals surface area contributed by atoms with Gasteiger partial charge >= 0.3 is 6.03 Å². The Morgan fingerprint density at radius 3 is 2.17 bits per heavy atom. The zero-order valence-corrected chi connectivity index (χ0v) is 15.0. The van der Waals surface area contributed by atoms with Gasteiger partial charge in [0.05, 0.1) is 0 Å². The van der Waals surface area contributed by atoms with E-state index in [1.807, 2.05) is 26.0 Å². The minimum atomic E-state index is -0.336. The van der Waals surface area contributed by atoms with Gasteiger partial charge in [0.15, 0.2) is 5.11 Å². The summed E-state index contributed by atoms with van der Waals surface area (Å²) in [7, 11) is 0. The van der Waals surface area contributed by atoms with E-state index >= 15 is 0 Å². The Hall–Kier alpha value is -2.31. The van der Waals surface area contributed by atoms with Crippen molar-refractivity contribution < 1.29 is 4.79 Å². The zero-order valence-electron chi connectivity index (χ0n) is 13.4. The van der Waals surface area contributed by atoms with Gasteiger partial charge in [-0.1, -0.05) is 17.7 Å². The third-order valence-electron chi connectivity index (χ3n) is 2.90.